The van der Waals surface area contributed by atoms with Crippen LogP contribution in [0.1, 0.15) is 0 Å². The minimum atomic E-state index is 1.12. The van der Waals surface area contributed by atoms with Crippen molar-refractivity contribution in [1.29, 1.82) is 0 Å². The normalized spacial score (nSPS) is 11.4. The van der Waals surface area contributed by atoms with Gasteiger partial charge in [0.25, 0.3) is 0 Å². The fourth-order valence-electron chi connectivity index (χ4n) is 7.12. The summed E-state index contributed by atoms with van der Waals surface area (Å²) in [6.45, 7) is 0. The van der Waals surface area contributed by atoms with Crippen molar-refractivity contribution in [1.82, 2.24) is 0 Å². The van der Waals surface area contributed by atoms with Gasteiger partial charge >= 0.3 is 0 Å². The van der Waals surface area contributed by atoms with Gasteiger partial charge in [-0.15, -0.1) is 0 Å². The van der Waals surface area contributed by atoms with Gasteiger partial charge in [0.2, 0.25) is 0 Å². The lowest BCUT2D eigenvalue weighted by Crippen LogP contribution is -2.09. The van der Waals surface area contributed by atoms with Gasteiger partial charge in [-0.1, -0.05) is 152 Å². The van der Waals surface area contributed by atoms with Gasteiger partial charge in [-0.2, -0.15) is 0 Å². The third-order valence-electron chi connectivity index (χ3n) is 9.44. The number of benzene rings is 9. The van der Waals surface area contributed by atoms with Crippen LogP contribution in [-0.4, -0.2) is 0 Å². The monoisotopic (exact) mass is 597 g/mol. The second-order valence-electron chi connectivity index (χ2n) is 12.2. The highest BCUT2D eigenvalue weighted by Gasteiger charge is 2.15. The third kappa shape index (κ3) is 4.81. The summed E-state index contributed by atoms with van der Waals surface area (Å²) in [5, 5.41) is 10.1. The van der Waals surface area contributed by atoms with Crippen molar-refractivity contribution in [2.45, 2.75) is 0 Å². The zero-order chi connectivity index (χ0) is 31.2. The Morgan fingerprint density at radius 3 is 1.21 bits per heavy atom. The molecule has 0 saturated heterocycles. The van der Waals surface area contributed by atoms with Crippen LogP contribution in [0.2, 0.25) is 0 Å². The van der Waals surface area contributed by atoms with E-state index in [-0.39, 0.29) is 0 Å². The summed E-state index contributed by atoms with van der Waals surface area (Å²) in [6.07, 6.45) is 0. The van der Waals surface area contributed by atoms with Crippen molar-refractivity contribution in [3.05, 3.63) is 188 Å². The van der Waals surface area contributed by atoms with E-state index in [1.54, 1.807) is 0 Å². The Kier molecular flexibility index (Phi) is 6.54. The van der Waals surface area contributed by atoms with Crippen molar-refractivity contribution in [2.75, 3.05) is 4.90 Å². The Morgan fingerprint density at radius 2 is 0.660 bits per heavy atom. The first-order chi connectivity index (χ1) is 23.3. The highest BCUT2D eigenvalue weighted by Crippen LogP contribution is 2.40. The highest BCUT2D eigenvalue weighted by molar-refractivity contribution is 6.08. The van der Waals surface area contributed by atoms with E-state index in [1.165, 1.54) is 65.3 Å². The molecule has 0 aliphatic carbocycles. The van der Waals surface area contributed by atoms with Gasteiger partial charge in [0.05, 0.1) is 0 Å². The molecule has 9 aromatic rings. The fourth-order valence-corrected chi connectivity index (χ4v) is 7.12. The van der Waals surface area contributed by atoms with E-state index in [1.807, 2.05) is 0 Å². The summed E-state index contributed by atoms with van der Waals surface area (Å²) >= 11 is 0. The minimum absolute atomic E-state index is 1.12. The predicted octanol–water partition coefficient (Wildman–Crippen LogP) is 13.1. The van der Waals surface area contributed by atoms with Crippen LogP contribution in [0.15, 0.2) is 188 Å². The number of nitrogens with zero attached hydrogens (tertiary/aromatic N) is 1. The molecule has 220 valence electrons. The lowest BCUT2D eigenvalue weighted by molar-refractivity contribution is 1.29. The summed E-state index contributed by atoms with van der Waals surface area (Å²) in [4.78, 5) is 2.37. The summed E-state index contributed by atoms with van der Waals surface area (Å²) in [6, 6.07) is 68.3. The van der Waals surface area contributed by atoms with Crippen molar-refractivity contribution in [2.24, 2.45) is 0 Å². The SMILES string of the molecule is c1ccc2c(-c3ccc(N(c4ccc(-c5cccc6ccccc56)cc4)c4ccc5c(ccc6ccccc65)c4)cc3)cccc2c1. The van der Waals surface area contributed by atoms with Gasteiger partial charge in [0, 0.05) is 17.1 Å². The number of anilines is 3. The van der Waals surface area contributed by atoms with E-state index in [9.17, 15) is 0 Å². The number of hydrogen-bond donors (Lipinski definition) is 0. The summed E-state index contributed by atoms with van der Waals surface area (Å²) in [7, 11) is 0. The van der Waals surface area contributed by atoms with E-state index < -0.39 is 0 Å². The molecule has 0 amide bonds. The van der Waals surface area contributed by atoms with Crippen molar-refractivity contribution in [3.63, 3.8) is 0 Å². The van der Waals surface area contributed by atoms with Crippen LogP contribution < -0.4 is 4.90 Å². The maximum Gasteiger partial charge on any atom is 0.0468 e. The lowest BCUT2D eigenvalue weighted by atomic mass is 9.97. The van der Waals surface area contributed by atoms with Crippen molar-refractivity contribution in [3.8, 4) is 22.3 Å². The van der Waals surface area contributed by atoms with Crippen LogP contribution >= 0.6 is 0 Å². The van der Waals surface area contributed by atoms with E-state index >= 15 is 0 Å². The third-order valence-corrected chi connectivity index (χ3v) is 9.44. The van der Waals surface area contributed by atoms with Gasteiger partial charge in [0.15, 0.2) is 0 Å². The largest absolute Gasteiger partial charge is 0.310 e. The van der Waals surface area contributed by atoms with Gasteiger partial charge in [-0.05, 0) is 102 Å². The van der Waals surface area contributed by atoms with Crippen molar-refractivity contribution >= 4 is 60.2 Å². The van der Waals surface area contributed by atoms with Crippen LogP contribution in [0.25, 0.3) is 65.3 Å². The highest BCUT2D eigenvalue weighted by atomic mass is 15.1. The molecule has 0 spiro atoms. The topological polar surface area (TPSA) is 3.24 Å². The Morgan fingerprint density at radius 1 is 0.255 bits per heavy atom. The molecule has 0 aromatic heterocycles. The molecular weight excluding hydrogens is 567 g/mol. The number of rotatable bonds is 5. The Labute approximate surface area is 274 Å². The summed E-state index contributed by atoms with van der Waals surface area (Å²) in [5.41, 5.74) is 8.28. The molecule has 47 heavy (non-hydrogen) atoms. The van der Waals surface area contributed by atoms with Gasteiger partial charge in [-0.3, -0.25) is 0 Å². The smallest absolute Gasteiger partial charge is 0.0468 e. The van der Waals surface area contributed by atoms with Gasteiger partial charge in [-0.25, -0.2) is 0 Å². The van der Waals surface area contributed by atoms with E-state index in [0.29, 0.717) is 0 Å². The molecule has 0 aliphatic heterocycles. The molecule has 0 atom stereocenters. The molecule has 0 aliphatic rings. The standard InChI is InChI=1S/C46H31N/c1-4-14-41-32(9-1)12-7-17-44(41)35-21-25-38(26-22-35)47(40-29-30-46-37(31-40)20-19-34-11-3-6-16-43(34)46)39-27-23-36(24-28-39)45-18-8-13-33-10-2-5-15-42(33)45/h1-31H. The zero-order valence-corrected chi connectivity index (χ0v) is 25.8. The number of fused-ring (bicyclic) bond motifs is 5. The Hall–Kier alpha value is -6.18. The molecule has 0 fully saturated rings. The average Bonchev–Trinajstić information content (AvgIpc) is 3.15. The van der Waals surface area contributed by atoms with E-state index in [0.717, 1.165) is 17.1 Å². The zero-order valence-electron chi connectivity index (χ0n) is 25.8. The summed E-state index contributed by atoms with van der Waals surface area (Å²) < 4.78 is 0. The van der Waals surface area contributed by atoms with Crippen molar-refractivity contribution < 1.29 is 0 Å². The molecule has 0 radical (unpaired) electrons. The van der Waals surface area contributed by atoms with Crippen LogP contribution in [0, 0.1) is 0 Å². The molecule has 0 N–H and O–H groups in total. The maximum atomic E-state index is 2.37. The fraction of sp³-hybridized carbons (Fsp3) is 0. The predicted molar refractivity (Wildman–Crippen MR) is 202 cm³/mol. The Bertz CT molecular complexity index is 2430. The first-order valence-electron chi connectivity index (χ1n) is 16.2. The van der Waals surface area contributed by atoms with Crippen LogP contribution in [-0.2, 0) is 0 Å². The molecule has 0 unspecified atom stereocenters. The Balaban J connectivity index is 1.17. The van der Waals surface area contributed by atoms with E-state index in [4.69, 9.17) is 0 Å². The lowest BCUT2D eigenvalue weighted by Gasteiger charge is -2.26. The summed E-state index contributed by atoms with van der Waals surface area (Å²) in [5.74, 6) is 0. The molecule has 9 rings (SSSR count). The molecule has 1 nitrogen and oxygen atoms in total. The molecule has 0 bridgehead atoms. The van der Waals surface area contributed by atoms with Crippen LogP contribution in [0.3, 0.4) is 0 Å². The number of hydrogen-bond acceptors (Lipinski definition) is 1. The minimum Gasteiger partial charge on any atom is -0.310 e. The molecular formula is C46H31N. The van der Waals surface area contributed by atoms with Crippen LogP contribution in [0.4, 0.5) is 17.1 Å². The molecule has 9 aromatic carbocycles. The second kappa shape index (κ2) is 11.3. The van der Waals surface area contributed by atoms with Gasteiger partial charge < -0.3 is 4.90 Å². The first-order valence-corrected chi connectivity index (χ1v) is 16.2. The van der Waals surface area contributed by atoms with Crippen LogP contribution in [0.5, 0.6) is 0 Å². The molecule has 0 heterocycles. The quantitative estimate of drug-likeness (QED) is 0.178. The average molecular weight is 598 g/mol. The molecule has 0 saturated carbocycles. The maximum absolute atomic E-state index is 2.37. The second-order valence-corrected chi connectivity index (χ2v) is 12.2. The molecule has 1 heteroatoms. The van der Waals surface area contributed by atoms with Gasteiger partial charge in [0.1, 0.15) is 0 Å². The van der Waals surface area contributed by atoms with E-state index in [2.05, 4.69) is 193 Å². The first kappa shape index (κ1) is 27.2.